The molecule has 0 fully saturated rings. The van der Waals surface area contributed by atoms with Crippen molar-refractivity contribution in [1.82, 2.24) is 0 Å². The molecule has 1 aliphatic heterocycles. The highest BCUT2D eigenvalue weighted by Gasteiger charge is 2.28. The van der Waals surface area contributed by atoms with Crippen LogP contribution in [0, 0.1) is 6.92 Å². The van der Waals surface area contributed by atoms with Gasteiger partial charge in [-0.25, -0.2) is 0 Å². The number of carboxylic acid groups (broad SMARTS) is 1. The summed E-state index contributed by atoms with van der Waals surface area (Å²) in [5.41, 5.74) is 4.97. The highest BCUT2D eigenvalue weighted by molar-refractivity contribution is 5.68. The monoisotopic (exact) mass is 324 g/mol. The fourth-order valence-corrected chi connectivity index (χ4v) is 3.80. The number of hydrogen-bond acceptors (Lipinski definition) is 3. The van der Waals surface area contributed by atoms with E-state index in [1.807, 2.05) is 18.2 Å². The molecule has 0 bridgehead atoms. The van der Waals surface area contributed by atoms with E-state index in [1.54, 1.807) is 0 Å². The fraction of sp³-hybridized carbons (Fsp3) is 0.350. The zero-order chi connectivity index (χ0) is 16.7. The summed E-state index contributed by atoms with van der Waals surface area (Å²) in [5, 5.41) is 8.98. The molecule has 4 nitrogen and oxygen atoms in total. The quantitative estimate of drug-likeness (QED) is 0.923. The van der Waals surface area contributed by atoms with Crippen molar-refractivity contribution in [3.05, 3.63) is 58.7 Å². The number of hydrogen-bond donors (Lipinski definition) is 1. The standard InChI is InChI=1S/C20H20O4/c1-12-3-2-4-17-15(12)7-8-18(17)24-14-5-6-16-13(9-20(21)22)11-23-19(16)10-14/h2-6,10,13,18H,7-9,11H2,1H3,(H,21,22). The van der Waals surface area contributed by atoms with Crippen LogP contribution in [0.1, 0.15) is 47.1 Å². The van der Waals surface area contributed by atoms with E-state index in [1.165, 1.54) is 16.7 Å². The second-order valence-corrected chi connectivity index (χ2v) is 6.59. The number of fused-ring (bicyclic) bond motifs is 2. The molecule has 4 rings (SSSR count). The first-order valence-electron chi connectivity index (χ1n) is 8.35. The molecule has 2 unspecified atom stereocenters. The van der Waals surface area contributed by atoms with E-state index in [4.69, 9.17) is 14.6 Å². The van der Waals surface area contributed by atoms with E-state index < -0.39 is 5.97 Å². The average Bonchev–Trinajstić information content (AvgIpc) is 3.13. The molecule has 1 heterocycles. The molecule has 4 heteroatoms. The Balaban J connectivity index is 1.54. The fourth-order valence-electron chi connectivity index (χ4n) is 3.80. The van der Waals surface area contributed by atoms with E-state index in [0.717, 1.165) is 29.9 Å². The van der Waals surface area contributed by atoms with Crippen molar-refractivity contribution in [3.8, 4) is 11.5 Å². The Kier molecular flexibility index (Phi) is 3.68. The zero-order valence-corrected chi connectivity index (χ0v) is 13.6. The molecular formula is C20H20O4. The lowest BCUT2D eigenvalue weighted by Gasteiger charge is -2.16. The van der Waals surface area contributed by atoms with Crippen LogP contribution in [-0.4, -0.2) is 17.7 Å². The predicted octanol–water partition coefficient (Wildman–Crippen LogP) is 4.01. The number of benzene rings is 2. The molecule has 2 aliphatic rings. The van der Waals surface area contributed by atoms with Crippen molar-refractivity contribution in [2.24, 2.45) is 0 Å². The van der Waals surface area contributed by atoms with Crippen molar-refractivity contribution >= 4 is 5.97 Å². The second-order valence-electron chi connectivity index (χ2n) is 6.59. The summed E-state index contributed by atoms with van der Waals surface area (Å²) in [6.07, 6.45) is 2.21. The Bertz CT molecular complexity index is 796. The summed E-state index contributed by atoms with van der Waals surface area (Å²) >= 11 is 0. The number of carbonyl (C=O) groups is 1. The lowest BCUT2D eigenvalue weighted by Crippen LogP contribution is -2.07. The maximum absolute atomic E-state index is 10.9. The summed E-state index contributed by atoms with van der Waals surface area (Å²) in [5.74, 6) is 0.668. The van der Waals surface area contributed by atoms with Crippen molar-refractivity contribution in [1.29, 1.82) is 0 Å². The van der Waals surface area contributed by atoms with Gasteiger partial charge < -0.3 is 14.6 Å². The Labute approximate surface area is 141 Å². The van der Waals surface area contributed by atoms with Crippen molar-refractivity contribution in [2.75, 3.05) is 6.61 Å². The highest BCUT2D eigenvalue weighted by atomic mass is 16.5. The lowest BCUT2D eigenvalue weighted by molar-refractivity contribution is -0.137. The molecule has 0 saturated heterocycles. The first-order chi connectivity index (χ1) is 11.6. The first kappa shape index (κ1) is 15.1. The third kappa shape index (κ3) is 2.62. The van der Waals surface area contributed by atoms with Crippen LogP contribution in [0.25, 0.3) is 0 Å². The number of ether oxygens (including phenoxy) is 2. The van der Waals surface area contributed by atoms with Gasteiger partial charge in [0.05, 0.1) is 13.0 Å². The minimum atomic E-state index is -0.797. The second kappa shape index (κ2) is 5.86. The third-order valence-electron chi connectivity index (χ3n) is 5.01. The SMILES string of the molecule is Cc1cccc2c1CCC2Oc1ccc2c(c1)OCC2CC(=O)O. The van der Waals surface area contributed by atoms with E-state index in [2.05, 4.69) is 25.1 Å². The van der Waals surface area contributed by atoms with Gasteiger partial charge in [0.1, 0.15) is 17.6 Å². The van der Waals surface area contributed by atoms with Gasteiger partial charge in [0.2, 0.25) is 0 Å². The van der Waals surface area contributed by atoms with E-state index in [0.29, 0.717) is 6.61 Å². The minimum absolute atomic E-state index is 0.0681. The van der Waals surface area contributed by atoms with E-state index in [9.17, 15) is 4.79 Å². The molecule has 24 heavy (non-hydrogen) atoms. The smallest absolute Gasteiger partial charge is 0.304 e. The molecule has 1 N–H and O–H groups in total. The predicted molar refractivity (Wildman–Crippen MR) is 89.8 cm³/mol. The summed E-state index contributed by atoms with van der Waals surface area (Å²) in [4.78, 5) is 10.9. The van der Waals surface area contributed by atoms with Gasteiger partial charge in [-0.15, -0.1) is 0 Å². The Morgan fingerprint density at radius 3 is 3.00 bits per heavy atom. The molecule has 0 aromatic heterocycles. The molecular weight excluding hydrogens is 304 g/mol. The van der Waals surface area contributed by atoms with Crippen molar-refractivity contribution in [3.63, 3.8) is 0 Å². The van der Waals surface area contributed by atoms with Gasteiger partial charge >= 0.3 is 5.97 Å². The van der Waals surface area contributed by atoms with Crippen molar-refractivity contribution < 1.29 is 19.4 Å². The van der Waals surface area contributed by atoms with E-state index in [-0.39, 0.29) is 18.4 Å². The third-order valence-corrected chi connectivity index (χ3v) is 5.01. The number of aliphatic carboxylic acids is 1. The normalized spacial score (nSPS) is 21.0. The van der Waals surface area contributed by atoms with Gasteiger partial charge in [-0.1, -0.05) is 24.3 Å². The summed E-state index contributed by atoms with van der Waals surface area (Å²) in [6, 6.07) is 12.1. The van der Waals surface area contributed by atoms with Crippen LogP contribution in [0.15, 0.2) is 36.4 Å². The summed E-state index contributed by atoms with van der Waals surface area (Å²) < 4.78 is 11.9. The Morgan fingerprint density at radius 1 is 1.29 bits per heavy atom. The van der Waals surface area contributed by atoms with Crippen LogP contribution in [0.2, 0.25) is 0 Å². The van der Waals surface area contributed by atoms with Crippen LogP contribution in [0.4, 0.5) is 0 Å². The maximum atomic E-state index is 10.9. The van der Waals surface area contributed by atoms with Gasteiger partial charge in [-0.2, -0.15) is 0 Å². The maximum Gasteiger partial charge on any atom is 0.304 e. The van der Waals surface area contributed by atoms with Crippen LogP contribution in [-0.2, 0) is 11.2 Å². The van der Waals surface area contributed by atoms with Crippen LogP contribution in [0.5, 0.6) is 11.5 Å². The van der Waals surface area contributed by atoms with Gasteiger partial charge in [0.25, 0.3) is 0 Å². The molecule has 124 valence electrons. The van der Waals surface area contributed by atoms with Gasteiger partial charge in [0, 0.05) is 17.5 Å². The number of aryl methyl sites for hydroxylation is 1. The van der Waals surface area contributed by atoms with Gasteiger partial charge in [0.15, 0.2) is 0 Å². The molecule has 2 atom stereocenters. The molecule has 0 amide bonds. The molecule has 0 radical (unpaired) electrons. The summed E-state index contributed by atoms with van der Waals surface area (Å²) in [7, 11) is 0. The Morgan fingerprint density at radius 2 is 2.17 bits per heavy atom. The largest absolute Gasteiger partial charge is 0.492 e. The Hall–Kier alpha value is -2.49. The molecule has 1 aliphatic carbocycles. The lowest BCUT2D eigenvalue weighted by atomic mass is 9.98. The average molecular weight is 324 g/mol. The first-order valence-corrected chi connectivity index (χ1v) is 8.35. The van der Waals surface area contributed by atoms with Crippen LogP contribution >= 0.6 is 0 Å². The number of carboxylic acids is 1. The molecule has 0 saturated carbocycles. The number of rotatable bonds is 4. The zero-order valence-electron chi connectivity index (χ0n) is 13.6. The van der Waals surface area contributed by atoms with Crippen LogP contribution in [0.3, 0.4) is 0 Å². The highest BCUT2D eigenvalue weighted by Crippen LogP contribution is 2.41. The molecule has 0 spiro atoms. The minimum Gasteiger partial charge on any atom is -0.492 e. The molecule has 2 aromatic carbocycles. The summed E-state index contributed by atoms with van der Waals surface area (Å²) in [6.45, 7) is 2.57. The molecule has 2 aromatic rings. The van der Waals surface area contributed by atoms with E-state index >= 15 is 0 Å². The van der Waals surface area contributed by atoms with Crippen LogP contribution < -0.4 is 9.47 Å². The van der Waals surface area contributed by atoms with Gasteiger partial charge in [-0.05, 0) is 42.5 Å². The van der Waals surface area contributed by atoms with Crippen molar-refractivity contribution in [2.45, 2.75) is 38.2 Å². The van der Waals surface area contributed by atoms with Gasteiger partial charge in [-0.3, -0.25) is 4.79 Å². The topological polar surface area (TPSA) is 55.8 Å².